The first-order valence-corrected chi connectivity index (χ1v) is 20.6. The standard InChI is InChI=1S/C56H44N4O/c1-36-47-30-39-31-49(56(39,2)3)48(47)34-57-55(36)60-50-25-11-10-22-45(50)46-29-28-42(33-53(46)60)61-41-21-14-20-40(32-41)58-35-59(52-27-13-12-26-51(52)58)54-43(37-16-6-4-7-17-37)23-15-24-44(54)38-18-8-5-9-19-38/h4-29,32-34,39,49H,30-31H2,1-3H3/t39-,49-/m0/s1/i4D,5D,6D,7D,8D,9D,16D,17D,18D,19D. The summed E-state index contributed by atoms with van der Waals surface area (Å²) in [5, 5.41) is 2.19. The Bertz CT molecular complexity index is 3810. The van der Waals surface area contributed by atoms with E-state index in [9.17, 15) is 0 Å². The Hall–Kier alpha value is -7.24. The molecule has 0 spiro atoms. The lowest BCUT2D eigenvalue weighted by atomic mass is 9.47. The summed E-state index contributed by atoms with van der Waals surface area (Å²) in [5.74, 6) is 3.26. The second-order valence-electron chi connectivity index (χ2n) is 16.7. The summed E-state index contributed by atoms with van der Waals surface area (Å²) < 4.78 is 99.5. The summed E-state index contributed by atoms with van der Waals surface area (Å²) in [6.07, 6.45) is 7.85. The SMILES string of the molecule is [2H]c1c([2H])c([2H])c(-c2cccc(-c3c([2H])c([2H])c([2H])c([2H])c3[2H])c2-[n+]2[c-]n(-c3cccc(Oc4ccc5c6ccccc6n(-c6ncc7c(c6C)C[C@H]6C[C@@H]7C6(C)C)c5c4)c3)c3ccccc32)c([2H])c1[2H]. The van der Waals surface area contributed by atoms with Crippen molar-refractivity contribution in [2.24, 2.45) is 11.3 Å². The van der Waals surface area contributed by atoms with Gasteiger partial charge in [-0.15, -0.1) is 0 Å². The molecule has 0 aliphatic heterocycles. The smallest absolute Gasteiger partial charge is 0.269 e. The highest BCUT2D eigenvalue weighted by Gasteiger charge is 2.53. The molecule has 3 heterocycles. The molecule has 1 saturated carbocycles. The van der Waals surface area contributed by atoms with Gasteiger partial charge in [0.05, 0.1) is 47.1 Å². The fourth-order valence-electron chi connectivity index (χ4n) is 10.0. The molecule has 0 amide bonds. The summed E-state index contributed by atoms with van der Waals surface area (Å²) in [4.78, 5) is 5.20. The molecule has 3 aliphatic carbocycles. The number of benzene rings is 7. The van der Waals surface area contributed by atoms with Crippen molar-refractivity contribution < 1.29 is 23.0 Å². The lowest BCUT2D eigenvalue weighted by molar-refractivity contribution is -0.571. The first-order chi connectivity index (χ1) is 34.1. The summed E-state index contributed by atoms with van der Waals surface area (Å²) in [6, 6.07) is 29.1. The Labute approximate surface area is 369 Å². The predicted molar refractivity (Wildman–Crippen MR) is 246 cm³/mol. The van der Waals surface area contributed by atoms with Crippen LogP contribution in [0.2, 0.25) is 0 Å². The van der Waals surface area contributed by atoms with Crippen molar-refractivity contribution in [2.75, 3.05) is 0 Å². The molecule has 5 heteroatoms. The van der Waals surface area contributed by atoms with Crippen LogP contribution in [0.15, 0.2) is 176 Å². The first kappa shape index (κ1) is 26.8. The average molecular weight is 799 g/mol. The van der Waals surface area contributed by atoms with Crippen LogP contribution in [0, 0.1) is 24.6 Å². The second kappa shape index (κ2) is 13.7. The van der Waals surface area contributed by atoms with Crippen LogP contribution in [0.1, 0.15) is 56.6 Å². The molecule has 1 fully saturated rings. The van der Waals surface area contributed by atoms with Crippen molar-refractivity contribution >= 4 is 32.8 Å². The van der Waals surface area contributed by atoms with Crippen molar-refractivity contribution in [1.82, 2.24) is 14.1 Å². The van der Waals surface area contributed by atoms with Crippen LogP contribution in [0.3, 0.4) is 0 Å². The van der Waals surface area contributed by atoms with E-state index in [0.717, 1.165) is 34.0 Å². The zero-order valence-corrected chi connectivity index (χ0v) is 33.7. The van der Waals surface area contributed by atoms with Crippen LogP contribution in [0.5, 0.6) is 11.5 Å². The van der Waals surface area contributed by atoms with Gasteiger partial charge in [0.2, 0.25) is 0 Å². The summed E-state index contributed by atoms with van der Waals surface area (Å²) in [5.41, 5.74) is 8.48. The van der Waals surface area contributed by atoms with Gasteiger partial charge in [-0.25, -0.2) is 4.98 Å². The number of aromatic nitrogens is 4. The van der Waals surface area contributed by atoms with Crippen LogP contribution < -0.4 is 9.30 Å². The van der Waals surface area contributed by atoms with E-state index < -0.39 is 60.4 Å². The molecule has 10 aromatic rings. The fraction of sp³-hybridized carbons (Fsp3) is 0.143. The molecule has 0 N–H and O–H groups in total. The molecule has 2 bridgehead atoms. The number of para-hydroxylation sites is 4. The van der Waals surface area contributed by atoms with Crippen LogP contribution in [-0.4, -0.2) is 14.1 Å². The average Bonchev–Trinajstić information content (AvgIpc) is 3.92. The molecule has 2 atom stereocenters. The Morgan fingerprint density at radius 3 is 2.15 bits per heavy atom. The van der Waals surface area contributed by atoms with E-state index in [1.54, 1.807) is 22.8 Å². The van der Waals surface area contributed by atoms with Gasteiger partial charge >= 0.3 is 0 Å². The van der Waals surface area contributed by atoms with Gasteiger partial charge in [0, 0.05) is 23.0 Å². The van der Waals surface area contributed by atoms with Crippen LogP contribution in [0.4, 0.5) is 0 Å². The normalized spacial score (nSPS) is 18.7. The van der Waals surface area contributed by atoms with Gasteiger partial charge in [0.25, 0.3) is 6.33 Å². The van der Waals surface area contributed by atoms with Crippen molar-refractivity contribution in [3.05, 3.63) is 199 Å². The number of imidazole rings is 1. The maximum absolute atomic E-state index is 9.02. The molecule has 0 unspecified atom stereocenters. The number of ether oxygens (including phenoxy) is 1. The third-order valence-corrected chi connectivity index (χ3v) is 13.3. The fourth-order valence-corrected chi connectivity index (χ4v) is 10.0. The maximum Gasteiger partial charge on any atom is 0.269 e. The van der Waals surface area contributed by atoms with E-state index in [-0.39, 0.29) is 33.4 Å². The zero-order chi connectivity index (χ0) is 49.5. The Balaban J connectivity index is 1.00. The maximum atomic E-state index is 9.02. The van der Waals surface area contributed by atoms with Crippen LogP contribution in [-0.2, 0) is 6.42 Å². The van der Waals surface area contributed by atoms with E-state index >= 15 is 0 Å². The lowest BCUT2D eigenvalue weighted by Crippen LogP contribution is -2.48. The monoisotopic (exact) mass is 798 g/mol. The third kappa shape index (κ3) is 5.53. The van der Waals surface area contributed by atoms with Gasteiger partial charge < -0.3 is 4.74 Å². The Morgan fingerprint density at radius 2 is 1.39 bits per heavy atom. The van der Waals surface area contributed by atoms with Gasteiger partial charge in [0.1, 0.15) is 17.3 Å². The Kier molecular flexibility index (Phi) is 5.99. The third-order valence-electron chi connectivity index (χ3n) is 13.3. The van der Waals surface area contributed by atoms with Gasteiger partial charge in [-0.1, -0.05) is 141 Å². The highest BCUT2D eigenvalue weighted by atomic mass is 16.5. The molecular formula is C56H44N4O. The van der Waals surface area contributed by atoms with Gasteiger partial charge in [0.15, 0.2) is 0 Å². The highest BCUT2D eigenvalue weighted by molar-refractivity contribution is 6.09. The number of fused-ring (bicyclic) bond motifs is 4. The molecule has 61 heavy (non-hydrogen) atoms. The van der Waals surface area contributed by atoms with Gasteiger partial charge in [-0.2, -0.15) is 0 Å². The summed E-state index contributed by atoms with van der Waals surface area (Å²) >= 11 is 0. The predicted octanol–water partition coefficient (Wildman–Crippen LogP) is 13.3. The van der Waals surface area contributed by atoms with Gasteiger partial charge in [-0.05, 0) is 112 Å². The topological polar surface area (TPSA) is 35.9 Å². The second-order valence-corrected chi connectivity index (χ2v) is 16.7. The minimum absolute atomic E-state index is 0.123. The molecule has 13 rings (SSSR count). The number of hydrogen-bond acceptors (Lipinski definition) is 2. The largest absolute Gasteiger partial charge is 0.458 e. The van der Waals surface area contributed by atoms with Crippen LogP contribution >= 0.6 is 0 Å². The molecular weight excluding hydrogens is 745 g/mol. The molecule has 294 valence electrons. The van der Waals surface area contributed by atoms with E-state index in [2.05, 4.69) is 74.3 Å². The minimum atomic E-state index is -0.561. The quantitative estimate of drug-likeness (QED) is 0.119. The van der Waals surface area contributed by atoms with Crippen molar-refractivity contribution in [3.63, 3.8) is 0 Å². The van der Waals surface area contributed by atoms with E-state index in [1.807, 2.05) is 59.2 Å². The zero-order valence-electron chi connectivity index (χ0n) is 43.7. The molecule has 0 saturated heterocycles. The first-order valence-electron chi connectivity index (χ1n) is 25.6. The van der Waals surface area contributed by atoms with Gasteiger partial charge in [-0.3, -0.25) is 13.7 Å². The molecule has 5 nitrogen and oxygen atoms in total. The highest BCUT2D eigenvalue weighted by Crippen LogP contribution is 2.62. The molecule has 3 aliphatic rings. The number of hydrogen-bond donors (Lipinski definition) is 0. The summed E-state index contributed by atoms with van der Waals surface area (Å²) in [6.45, 7) is 6.99. The number of pyridine rings is 1. The lowest BCUT2D eigenvalue weighted by Gasteiger charge is -2.57. The number of rotatable bonds is 7. The Morgan fingerprint density at radius 1 is 0.721 bits per heavy atom. The molecule has 0 radical (unpaired) electrons. The van der Waals surface area contributed by atoms with Crippen molar-refractivity contribution in [3.8, 4) is 50.9 Å². The minimum Gasteiger partial charge on any atom is -0.458 e. The molecule has 3 aromatic heterocycles. The van der Waals surface area contributed by atoms with E-state index in [1.165, 1.54) is 23.1 Å². The number of nitrogens with zero attached hydrogens (tertiary/aromatic N) is 4. The van der Waals surface area contributed by atoms with E-state index in [4.69, 9.17) is 23.4 Å². The van der Waals surface area contributed by atoms with Crippen molar-refractivity contribution in [2.45, 2.75) is 39.5 Å². The van der Waals surface area contributed by atoms with E-state index in [0.29, 0.717) is 40.1 Å². The molecule has 7 aromatic carbocycles. The van der Waals surface area contributed by atoms with Crippen molar-refractivity contribution in [1.29, 1.82) is 0 Å². The summed E-state index contributed by atoms with van der Waals surface area (Å²) in [7, 11) is 0. The van der Waals surface area contributed by atoms with Crippen LogP contribution in [0.25, 0.3) is 72.3 Å².